The number of aryl methyl sites for hydroxylation is 1. The molecule has 0 bridgehead atoms. The van der Waals surface area contributed by atoms with Gasteiger partial charge in [0.1, 0.15) is 5.60 Å². The lowest BCUT2D eigenvalue weighted by molar-refractivity contribution is 0.0269. The highest BCUT2D eigenvalue weighted by Gasteiger charge is 2.56. The van der Waals surface area contributed by atoms with E-state index in [1.807, 2.05) is 25.7 Å². The van der Waals surface area contributed by atoms with Gasteiger partial charge >= 0.3 is 6.09 Å². The van der Waals surface area contributed by atoms with Crippen LogP contribution in [0.1, 0.15) is 31.9 Å². The Morgan fingerprint density at radius 2 is 1.91 bits per heavy atom. The zero-order valence-corrected chi connectivity index (χ0v) is 13.9. The number of piperidine rings is 1. The molecular formula is C18H26N2O2. The van der Waals surface area contributed by atoms with Gasteiger partial charge in [-0.3, -0.25) is 0 Å². The molecule has 2 fully saturated rings. The van der Waals surface area contributed by atoms with Crippen LogP contribution in [0.5, 0.6) is 0 Å². The van der Waals surface area contributed by atoms with E-state index in [4.69, 9.17) is 4.74 Å². The molecule has 0 radical (unpaired) electrons. The maximum atomic E-state index is 12.0. The Morgan fingerprint density at radius 3 is 2.50 bits per heavy atom. The predicted octanol–water partition coefficient (Wildman–Crippen LogP) is 2.95. The molecule has 4 heteroatoms. The van der Waals surface area contributed by atoms with Crippen molar-refractivity contribution in [3.63, 3.8) is 0 Å². The van der Waals surface area contributed by atoms with Crippen molar-refractivity contribution in [2.75, 3.05) is 13.1 Å². The highest BCUT2D eigenvalue weighted by atomic mass is 16.6. The number of hydrogen-bond acceptors (Lipinski definition) is 3. The van der Waals surface area contributed by atoms with Gasteiger partial charge in [0.15, 0.2) is 0 Å². The maximum Gasteiger partial charge on any atom is 0.410 e. The van der Waals surface area contributed by atoms with E-state index in [2.05, 4.69) is 36.5 Å². The number of carbonyl (C=O) groups is 1. The number of fused-ring (bicyclic) bond motifs is 1. The first-order chi connectivity index (χ1) is 10.3. The lowest BCUT2D eigenvalue weighted by atomic mass is 10.1. The van der Waals surface area contributed by atoms with Crippen molar-refractivity contribution in [3.8, 4) is 0 Å². The summed E-state index contributed by atoms with van der Waals surface area (Å²) >= 11 is 0. The normalized spacial score (nSPS) is 26.7. The van der Waals surface area contributed by atoms with Crippen LogP contribution in [0, 0.1) is 18.8 Å². The molecule has 4 nitrogen and oxygen atoms in total. The zero-order chi connectivity index (χ0) is 15.9. The van der Waals surface area contributed by atoms with Crippen LogP contribution in [0.15, 0.2) is 24.3 Å². The van der Waals surface area contributed by atoms with Gasteiger partial charge in [0.25, 0.3) is 0 Å². The van der Waals surface area contributed by atoms with E-state index in [-0.39, 0.29) is 6.09 Å². The van der Waals surface area contributed by atoms with E-state index < -0.39 is 5.60 Å². The molecule has 2 atom stereocenters. The maximum absolute atomic E-state index is 12.0. The summed E-state index contributed by atoms with van der Waals surface area (Å²) in [6, 6.07) is 9.03. The van der Waals surface area contributed by atoms with Gasteiger partial charge in [-0.1, -0.05) is 24.3 Å². The number of carbonyl (C=O) groups excluding carboxylic acids is 1. The van der Waals surface area contributed by atoms with Crippen molar-refractivity contribution in [2.45, 2.75) is 45.9 Å². The molecule has 1 heterocycles. The van der Waals surface area contributed by atoms with Crippen molar-refractivity contribution < 1.29 is 9.53 Å². The average molecular weight is 302 g/mol. The Morgan fingerprint density at radius 1 is 1.27 bits per heavy atom. The molecule has 0 spiro atoms. The van der Waals surface area contributed by atoms with Crippen LogP contribution in [0.3, 0.4) is 0 Å². The van der Waals surface area contributed by atoms with E-state index in [1.165, 1.54) is 11.1 Å². The van der Waals surface area contributed by atoms with Crippen LogP contribution in [0.4, 0.5) is 4.79 Å². The van der Waals surface area contributed by atoms with E-state index in [9.17, 15) is 4.79 Å². The summed E-state index contributed by atoms with van der Waals surface area (Å²) < 4.78 is 5.44. The molecule has 2 aliphatic rings. The summed E-state index contributed by atoms with van der Waals surface area (Å²) in [5.41, 5.74) is 2.28. The smallest absolute Gasteiger partial charge is 0.410 e. The Hall–Kier alpha value is -1.55. The number of nitrogens with one attached hydrogen (secondary N) is 1. The molecule has 1 amide bonds. The lowest BCUT2D eigenvalue weighted by Gasteiger charge is -2.26. The molecule has 120 valence electrons. The number of hydrogen-bond donors (Lipinski definition) is 1. The summed E-state index contributed by atoms with van der Waals surface area (Å²) in [5.74, 6) is 1.19. The minimum Gasteiger partial charge on any atom is -0.444 e. The van der Waals surface area contributed by atoms with E-state index in [1.54, 1.807) is 0 Å². The standard InChI is InChI=1S/C18H26N2O2/c1-12-7-5-6-8-13(12)9-19-16-14-10-20(11-15(14)16)17(21)22-18(2,3)4/h5-8,14-16,19H,9-11H2,1-4H3. The van der Waals surface area contributed by atoms with Gasteiger partial charge in [0, 0.05) is 25.7 Å². The third kappa shape index (κ3) is 3.27. The molecule has 22 heavy (non-hydrogen) atoms. The van der Waals surface area contributed by atoms with Crippen LogP contribution >= 0.6 is 0 Å². The molecule has 1 aromatic rings. The molecule has 0 aromatic heterocycles. The SMILES string of the molecule is Cc1ccccc1CNC1C2CN(C(=O)OC(C)(C)C)CC21. The summed E-state index contributed by atoms with van der Waals surface area (Å²) in [7, 11) is 0. The zero-order valence-electron chi connectivity index (χ0n) is 13.9. The Balaban J connectivity index is 1.45. The molecule has 1 aromatic carbocycles. The minimum absolute atomic E-state index is 0.169. The molecular weight excluding hydrogens is 276 g/mol. The van der Waals surface area contributed by atoms with E-state index in [0.29, 0.717) is 17.9 Å². The molecule has 1 N–H and O–H groups in total. The number of ether oxygens (including phenoxy) is 1. The summed E-state index contributed by atoms with van der Waals surface area (Å²) in [5, 5.41) is 3.64. The van der Waals surface area contributed by atoms with Gasteiger partial charge in [-0.15, -0.1) is 0 Å². The van der Waals surface area contributed by atoms with E-state index in [0.717, 1.165) is 19.6 Å². The second-order valence-electron chi connectivity index (χ2n) is 7.55. The van der Waals surface area contributed by atoms with E-state index >= 15 is 0 Å². The Labute approximate surface area is 132 Å². The topological polar surface area (TPSA) is 41.6 Å². The van der Waals surface area contributed by atoms with Gasteiger partial charge < -0.3 is 15.0 Å². The Bertz CT molecular complexity index is 552. The van der Waals surface area contributed by atoms with Crippen molar-refractivity contribution in [1.29, 1.82) is 0 Å². The van der Waals surface area contributed by atoms with Crippen LogP contribution in [0.2, 0.25) is 0 Å². The van der Waals surface area contributed by atoms with Gasteiger partial charge in [0.2, 0.25) is 0 Å². The fourth-order valence-electron chi connectivity index (χ4n) is 3.34. The quantitative estimate of drug-likeness (QED) is 0.933. The molecule has 1 saturated heterocycles. The van der Waals surface area contributed by atoms with Crippen LogP contribution in [-0.4, -0.2) is 35.7 Å². The minimum atomic E-state index is -0.410. The molecule has 1 aliphatic carbocycles. The van der Waals surface area contributed by atoms with Gasteiger partial charge in [-0.2, -0.15) is 0 Å². The summed E-state index contributed by atoms with van der Waals surface area (Å²) in [4.78, 5) is 13.9. The van der Waals surface area contributed by atoms with Crippen LogP contribution < -0.4 is 5.32 Å². The number of benzene rings is 1. The third-order valence-corrected chi connectivity index (χ3v) is 4.64. The molecule has 1 aliphatic heterocycles. The molecule has 2 unspecified atom stereocenters. The third-order valence-electron chi connectivity index (χ3n) is 4.64. The first-order valence-corrected chi connectivity index (χ1v) is 8.11. The van der Waals surface area contributed by atoms with Crippen molar-refractivity contribution in [2.24, 2.45) is 11.8 Å². The average Bonchev–Trinajstić information content (AvgIpc) is 2.88. The number of rotatable bonds is 3. The number of amides is 1. The Kier molecular flexibility index (Phi) is 3.89. The lowest BCUT2D eigenvalue weighted by Crippen LogP contribution is -2.39. The highest BCUT2D eigenvalue weighted by Crippen LogP contribution is 2.45. The summed E-state index contributed by atoms with van der Waals surface area (Å²) in [6.45, 7) is 10.4. The van der Waals surface area contributed by atoms with Crippen LogP contribution in [-0.2, 0) is 11.3 Å². The van der Waals surface area contributed by atoms with Crippen molar-refractivity contribution >= 4 is 6.09 Å². The molecule has 3 rings (SSSR count). The van der Waals surface area contributed by atoms with Gasteiger partial charge in [-0.05, 0) is 50.7 Å². The predicted molar refractivity (Wildman–Crippen MR) is 86.6 cm³/mol. The first-order valence-electron chi connectivity index (χ1n) is 8.11. The number of likely N-dealkylation sites (tertiary alicyclic amines) is 1. The van der Waals surface area contributed by atoms with Crippen LogP contribution in [0.25, 0.3) is 0 Å². The number of nitrogens with zero attached hydrogens (tertiary/aromatic N) is 1. The second-order valence-corrected chi connectivity index (χ2v) is 7.55. The van der Waals surface area contributed by atoms with Gasteiger partial charge in [-0.25, -0.2) is 4.79 Å². The fraction of sp³-hybridized carbons (Fsp3) is 0.611. The molecule has 1 saturated carbocycles. The largest absolute Gasteiger partial charge is 0.444 e. The van der Waals surface area contributed by atoms with Crippen molar-refractivity contribution in [1.82, 2.24) is 10.2 Å². The van der Waals surface area contributed by atoms with Gasteiger partial charge in [0.05, 0.1) is 0 Å². The second kappa shape index (κ2) is 5.58. The monoisotopic (exact) mass is 302 g/mol. The van der Waals surface area contributed by atoms with Crippen molar-refractivity contribution in [3.05, 3.63) is 35.4 Å². The fourth-order valence-corrected chi connectivity index (χ4v) is 3.34. The summed E-state index contributed by atoms with van der Waals surface area (Å²) in [6.07, 6.45) is -0.169. The highest BCUT2D eigenvalue weighted by molar-refractivity contribution is 5.69. The first kappa shape index (κ1) is 15.3.